The Balaban J connectivity index is 1.40. The molecular weight excluding hydrogens is 392 g/mol. The average Bonchev–Trinajstić information content (AvgIpc) is 3.38. The van der Waals surface area contributed by atoms with Crippen LogP contribution in [0.5, 0.6) is 5.75 Å². The van der Waals surface area contributed by atoms with Gasteiger partial charge < -0.3 is 14.2 Å². The average molecular weight is 418 g/mol. The lowest BCUT2D eigenvalue weighted by Crippen LogP contribution is -2.38. The summed E-state index contributed by atoms with van der Waals surface area (Å²) >= 11 is 0. The summed E-state index contributed by atoms with van der Waals surface area (Å²) in [6.45, 7) is 5.57. The number of carbonyl (C=O) groups excluding carboxylic acids is 1. The van der Waals surface area contributed by atoms with E-state index in [9.17, 15) is 4.79 Å². The molecule has 1 unspecified atom stereocenters. The van der Waals surface area contributed by atoms with Gasteiger partial charge in [0.25, 0.3) is 11.8 Å². The maximum Gasteiger partial charge on any atom is 0.254 e. The number of hydrogen-bond acceptors (Lipinski definition) is 6. The molecule has 0 aliphatic carbocycles. The highest BCUT2D eigenvalue weighted by Gasteiger charge is 2.34. The Bertz CT molecular complexity index is 1070. The van der Waals surface area contributed by atoms with Crippen LogP contribution in [-0.4, -0.2) is 52.1 Å². The molecular formula is C24H26N4O3. The zero-order valence-corrected chi connectivity index (χ0v) is 17.7. The van der Waals surface area contributed by atoms with E-state index < -0.39 is 0 Å². The molecule has 2 aliphatic rings. The second-order valence-corrected chi connectivity index (χ2v) is 8.19. The van der Waals surface area contributed by atoms with E-state index in [0.29, 0.717) is 30.4 Å². The Kier molecular flexibility index (Phi) is 5.42. The van der Waals surface area contributed by atoms with Gasteiger partial charge in [-0.15, -0.1) is 0 Å². The van der Waals surface area contributed by atoms with Crippen molar-refractivity contribution in [3.8, 4) is 5.75 Å². The van der Waals surface area contributed by atoms with Crippen molar-refractivity contribution in [1.82, 2.24) is 19.9 Å². The summed E-state index contributed by atoms with van der Waals surface area (Å²) in [4.78, 5) is 22.1. The molecule has 3 aromatic rings. The minimum atomic E-state index is -0.283. The largest absolute Gasteiger partial charge is 0.493 e. The Labute approximate surface area is 181 Å². The summed E-state index contributed by atoms with van der Waals surface area (Å²) in [6.07, 6.45) is 1.85. The molecule has 1 amide bonds. The summed E-state index contributed by atoms with van der Waals surface area (Å²) in [5.41, 5.74) is 3.21. The predicted molar refractivity (Wildman–Crippen MR) is 115 cm³/mol. The third-order valence-corrected chi connectivity index (χ3v) is 5.95. The molecule has 0 spiro atoms. The van der Waals surface area contributed by atoms with Crippen LogP contribution in [0.25, 0.3) is 0 Å². The number of nitrogens with zero attached hydrogens (tertiary/aromatic N) is 4. The van der Waals surface area contributed by atoms with Gasteiger partial charge in [-0.3, -0.25) is 9.69 Å². The molecule has 7 heteroatoms. The van der Waals surface area contributed by atoms with E-state index >= 15 is 0 Å². The van der Waals surface area contributed by atoms with Gasteiger partial charge in [0, 0.05) is 38.2 Å². The van der Waals surface area contributed by atoms with Gasteiger partial charge in [-0.05, 0) is 42.7 Å². The third-order valence-electron chi connectivity index (χ3n) is 5.95. The first kappa shape index (κ1) is 19.8. The Hall–Kier alpha value is -3.19. The maximum atomic E-state index is 13.3. The molecule has 0 N–H and O–H groups in total. The fourth-order valence-electron chi connectivity index (χ4n) is 4.44. The number of benzene rings is 2. The van der Waals surface area contributed by atoms with Crippen molar-refractivity contribution in [2.45, 2.75) is 32.4 Å². The van der Waals surface area contributed by atoms with Gasteiger partial charge in [-0.2, -0.15) is 4.98 Å². The van der Waals surface area contributed by atoms with E-state index in [-0.39, 0.29) is 11.9 Å². The molecule has 160 valence electrons. The highest BCUT2D eigenvalue weighted by molar-refractivity contribution is 5.94. The highest BCUT2D eigenvalue weighted by Crippen LogP contribution is 2.29. The molecule has 1 saturated heterocycles. The van der Waals surface area contributed by atoms with E-state index in [4.69, 9.17) is 9.26 Å². The number of carbonyl (C=O) groups is 1. The van der Waals surface area contributed by atoms with E-state index in [2.05, 4.69) is 33.2 Å². The topological polar surface area (TPSA) is 71.7 Å². The number of ether oxygens (including phenoxy) is 1. The Morgan fingerprint density at radius 1 is 1.16 bits per heavy atom. The molecule has 2 aromatic carbocycles. The van der Waals surface area contributed by atoms with Crippen molar-refractivity contribution in [3.05, 3.63) is 76.9 Å². The Morgan fingerprint density at radius 3 is 2.84 bits per heavy atom. The van der Waals surface area contributed by atoms with Crippen LogP contribution in [0.3, 0.4) is 0 Å². The van der Waals surface area contributed by atoms with Crippen LogP contribution in [0.1, 0.15) is 45.7 Å². The van der Waals surface area contributed by atoms with Crippen LogP contribution in [0, 0.1) is 6.92 Å². The number of hydrogen-bond donors (Lipinski definition) is 0. The summed E-state index contributed by atoms with van der Waals surface area (Å²) in [6, 6.07) is 15.6. The van der Waals surface area contributed by atoms with Gasteiger partial charge >= 0.3 is 0 Å². The molecule has 0 radical (unpaired) electrons. The zero-order chi connectivity index (χ0) is 21.2. The maximum absolute atomic E-state index is 13.3. The van der Waals surface area contributed by atoms with Crippen LogP contribution in [0.4, 0.5) is 0 Å². The van der Waals surface area contributed by atoms with Crippen molar-refractivity contribution >= 4 is 5.91 Å². The van der Waals surface area contributed by atoms with Gasteiger partial charge in [-0.1, -0.05) is 35.5 Å². The van der Waals surface area contributed by atoms with Gasteiger partial charge in [-0.25, -0.2) is 0 Å². The first-order valence-corrected chi connectivity index (χ1v) is 10.8. The molecule has 1 fully saturated rings. The smallest absolute Gasteiger partial charge is 0.254 e. The molecule has 3 heterocycles. The molecule has 5 rings (SSSR count). The minimum Gasteiger partial charge on any atom is -0.493 e. The second kappa shape index (κ2) is 8.51. The molecule has 0 saturated carbocycles. The van der Waals surface area contributed by atoms with Crippen LogP contribution in [-0.2, 0) is 13.0 Å². The molecule has 7 nitrogen and oxygen atoms in total. The summed E-state index contributed by atoms with van der Waals surface area (Å²) in [5.74, 6) is 2.07. The van der Waals surface area contributed by atoms with Crippen molar-refractivity contribution in [2.24, 2.45) is 0 Å². The molecule has 1 atom stereocenters. The summed E-state index contributed by atoms with van der Waals surface area (Å²) < 4.78 is 11.2. The fraction of sp³-hybridized carbons (Fsp3) is 0.375. The van der Waals surface area contributed by atoms with Crippen molar-refractivity contribution in [3.63, 3.8) is 0 Å². The lowest BCUT2D eigenvalue weighted by atomic mass is 10.1. The number of aromatic nitrogens is 2. The number of rotatable bonds is 4. The van der Waals surface area contributed by atoms with Gasteiger partial charge in [0.05, 0.1) is 6.61 Å². The van der Waals surface area contributed by atoms with E-state index in [1.54, 1.807) is 6.92 Å². The monoisotopic (exact) mass is 418 g/mol. The van der Waals surface area contributed by atoms with Crippen LogP contribution in [0.2, 0.25) is 0 Å². The van der Waals surface area contributed by atoms with Crippen LogP contribution >= 0.6 is 0 Å². The first-order chi connectivity index (χ1) is 15.2. The van der Waals surface area contributed by atoms with E-state index in [1.165, 1.54) is 11.1 Å². The highest BCUT2D eigenvalue weighted by atomic mass is 16.5. The van der Waals surface area contributed by atoms with Crippen molar-refractivity contribution in [2.75, 3.05) is 26.2 Å². The molecule has 0 bridgehead atoms. The normalized spacial score (nSPS) is 19.0. The van der Waals surface area contributed by atoms with E-state index in [1.807, 2.05) is 35.2 Å². The number of fused-ring (bicyclic) bond motifs is 1. The van der Waals surface area contributed by atoms with Crippen molar-refractivity contribution in [1.29, 1.82) is 0 Å². The van der Waals surface area contributed by atoms with Crippen molar-refractivity contribution < 1.29 is 14.1 Å². The molecule has 1 aromatic heterocycles. The molecule has 31 heavy (non-hydrogen) atoms. The quantitative estimate of drug-likeness (QED) is 0.647. The van der Waals surface area contributed by atoms with Gasteiger partial charge in [0.2, 0.25) is 0 Å². The first-order valence-electron chi connectivity index (χ1n) is 10.8. The summed E-state index contributed by atoms with van der Waals surface area (Å²) in [5, 5.41) is 3.98. The molecule has 2 aliphatic heterocycles. The minimum absolute atomic E-state index is 0.00187. The van der Waals surface area contributed by atoms with Gasteiger partial charge in [0.1, 0.15) is 11.8 Å². The van der Waals surface area contributed by atoms with Crippen LogP contribution in [0.15, 0.2) is 53.1 Å². The Morgan fingerprint density at radius 2 is 2.03 bits per heavy atom. The second-order valence-electron chi connectivity index (χ2n) is 8.19. The lowest BCUT2D eigenvalue weighted by Gasteiger charge is -2.29. The third kappa shape index (κ3) is 4.18. The standard InChI is InChI=1S/C24H26N4O3/c1-17-25-23(31-26-17)21-16-27(15-18-8-9-22-20(14-18)10-13-30-22)11-5-12-28(21)24(29)19-6-3-2-4-7-19/h2-4,6-9,14,21H,5,10-13,15-16H2,1H3. The van der Waals surface area contributed by atoms with Gasteiger partial charge in [0.15, 0.2) is 5.82 Å². The zero-order valence-electron chi connectivity index (χ0n) is 17.7. The number of aryl methyl sites for hydroxylation is 1. The SMILES string of the molecule is Cc1noc(C2CN(Cc3ccc4c(c3)CCO4)CCCN2C(=O)c2ccccc2)n1. The van der Waals surface area contributed by atoms with Crippen LogP contribution < -0.4 is 4.74 Å². The summed E-state index contributed by atoms with van der Waals surface area (Å²) in [7, 11) is 0. The fourth-order valence-corrected chi connectivity index (χ4v) is 4.44. The lowest BCUT2D eigenvalue weighted by molar-refractivity contribution is 0.0631. The number of amides is 1. The van der Waals surface area contributed by atoms with E-state index in [0.717, 1.165) is 38.3 Å². The predicted octanol–water partition coefficient (Wildman–Crippen LogP) is 3.40.